The fraction of sp³-hybridized carbons (Fsp3) is 0.250. The molecule has 54 valence electrons. The van der Waals surface area contributed by atoms with Crippen molar-refractivity contribution in [1.29, 1.82) is 0 Å². The molecule has 1 unspecified atom stereocenters. The second kappa shape index (κ2) is 4.00. The first-order valence-electron chi connectivity index (χ1n) is 3.17. The summed E-state index contributed by atoms with van der Waals surface area (Å²) in [6.45, 7) is 2.29. The highest BCUT2D eigenvalue weighted by molar-refractivity contribution is 8.57. The Kier molecular flexibility index (Phi) is 3.24. The molecule has 1 aromatic carbocycles. The molecule has 0 aliphatic carbocycles. The van der Waals surface area contributed by atoms with Crippen LogP contribution < -0.4 is 5.30 Å². The van der Waals surface area contributed by atoms with Crippen LogP contribution in [0.3, 0.4) is 0 Å². The van der Waals surface area contributed by atoms with Crippen molar-refractivity contribution >= 4 is 23.8 Å². The maximum absolute atomic E-state index is 2.29. The highest BCUT2D eigenvalue weighted by atomic mass is 32.7. The summed E-state index contributed by atoms with van der Waals surface area (Å²) >= 11 is 1.94. The molecule has 0 aliphatic heterocycles. The molecule has 1 rings (SSSR count). The zero-order valence-electron chi connectivity index (χ0n) is 6.24. The van der Waals surface area contributed by atoms with E-state index in [1.54, 1.807) is 0 Å². The van der Waals surface area contributed by atoms with Gasteiger partial charge in [0.15, 0.2) is 0 Å². The van der Waals surface area contributed by atoms with Gasteiger partial charge in [-0.2, -0.15) is 0 Å². The van der Waals surface area contributed by atoms with Gasteiger partial charge in [-0.3, -0.25) is 0 Å². The lowest BCUT2D eigenvalue weighted by molar-refractivity contribution is 1.78. The van der Waals surface area contributed by atoms with E-state index in [0.717, 1.165) is 0 Å². The van der Waals surface area contributed by atoms with Crippen molar-refractivity contribution in [3.8, 4) is 0 Å². The smallest absolute Gasteiger partial charge is 0.0139 e. The van der Waals surface area contributed by atoms with Gasteiger partial charge in [-0.1, -0.05) is 30.3 Å². The van der Waals surface area contributed by atoms with Crippen molar-refractivity contribution in [2.75, 3.05) is 12.9 Å². The molecule has 0 aromatic heterocycles. The van der Waals surface area contributed by atoms with E-state index in [0.29, 0.717) is 0 Å². The van der Waals surface area contributed by atoms with Gasteiger partial charge < -0.3 is 0 Å². The molecule has 10 heavy (non-hydrogen) atoms. The number of hydrogen-bond donors (Lipinski definition) is 0. The van der Waals surface area contributed by atoms with Gasteiger partial charge in [-0.25, -0.2) is 0 Å². The van der Waals surface area contributed by atoms with E-state index in [9.17, 15) is 0 Å². The molecule has 0 aliphatic rings. The summed E-state index contributed by atoms with van der Waals surface area (Å²) in [4.78, 5) is 0. The Morgan fingerprint density at radius 3 is 2.30 bits per heavy atom. The van der Waals surface area contributed by atoms with E-state index in [1.165, 1.54) is 5.30 Å². The Bertz CT molecular complexity index is 186. The molecule has 0 bridgehead atoms. The predicted molar refractivity (Wildman–Crippen MR) is 52.4 cm³/mol. The van der Waals surface area contributed by atoms with Crippen LogP contribution in [0, 0.1) is 0 Å². The Balaban J connectivity index is 2.75. The van der Waals surface area contributed by atoms with Crippen molar-refractivity contribution in [1.82, 2.24) is 0 Å². The molecule has 0 saturated heterocycles. The van der Waals surface area contributed by atoms with Gasteiger partial charge in [-0.05, 0) is 25.3 Å². The van der Waals surface area contributed by atoms with Crippen molar-refractivity contribution in [3.63, 3.8) is 0 Å². The first-order valence-corrected chi connectivity index (χ1v) is 6.79. The predicted octanol–water partition coefficient (Wildman–Crippen LogP) is 2.70. The minimum Gasteiger partial charge on any atom is -0.133 e. The third kappa shape index (κ3) is 2.00. The molecule has 2 heteroatoms. The van der Waals surface area contributed by atoms with Crippen LogP contribution in [0.25, 0.3) is 0 Å². The fourth-order valence-electron chi connectivity index (χ4n) is 0.743. The third-order valence-electron chi connectivity index (χ3n) is 1.39. The zero-order chi connectivity index (χ0) is 7.40. The second-order valence-corrected chi connectivity index (χ2v) is 6.63. The summed E-state index contributed by atoms with van der Waals surface area (Å²) in [5, 5.41) is 1.48. The molecule has 1 aromatic rings. The first-order chi connectivity index (χ1) is 4.84. The monoisotopic (exact) mass is 170 g/mol. The zero-order valence-corrected chi connectivity index (χ0v) is 7.95. The van der Waals surface area contributed by atoms with Crippen molar-refractivity contribution in [2.45, 2.75) is 0 Å². The molecule has 0 fully saturated rings. The van der Waals surface area contributed by atoms with E-state index in [-0.39, 0.29) is 7.12 Å². The van der Waals surface area contributed by atoms with Gasteiger partial charge in [0.2, 0.25) is 0 Å². The van der Waals surface area contributed by atoms with Crippen molar-refractivity contribution < 1.29 is 0 Å². The van der Waals surface area contributed by atoms with E-state index >= 15 is 0 Å². The van der Waals surface area contributed by atoms with Gasteiger partial charge in [-0.15, -0.1) is 11.4 Å². The number of rotatable bonds is 2. The Hall–Kier alpha value is 0. The fourth-order valence-corrected chi connectivity index (χ4v) is 2.54. The Labute approximate surface area is 67.5 Å². The summed E-state index contributed by atoms with van der Waals surface area (Å²) < 4.78 is 0. The Morgan fingerprint density at radius 1 is 1.20 bits per heavy atom. The normalized spacial score (nSPS) is 13.0. The summed E-state index contributed by atoms with van der Waals surface area (Å²) in [7, 11) is 0.0432. The van der Waals surface area contributed by atoms with Crippen LogP contribution in [0.5, 0.6) is 0 Å². The lowest BCUT2D eigenvalue weighted by Gasteiger charge is -2.06. The molecular weight excluding hydrogens is 159 g/mol. The van der Waals surface area contributed by atoms with E-state index in [4.69, 9.17) is 0 Å². The quantitative estimate of drug-likeness (QED) is 0.615. The van der Waals surface area contributed by atoms with Gasteiger partial charge in [0.1, 0.15) is 0 Å². The van der Waals surface area contributed by atoms with Crippen molar-refractivity contribution in [2.24, 2.45) is 0 Å². The summed E-state index contributed by atoms with van der Waals surface area (Å²) in [6.07, 6.45) is 2.17. The molecule has 0 nitrogen and oxygen atoms in total. The molecule has 1 atom stereocenters. The maximum Gasteiger partial charge on any atom is -0.0139 e. The second-order valence-electron chi connectivity index (χ2n) is 2.02. The molecule has 0 amide bonds. The lowest BCUT2D eigenvalue weighted by Crippen LogP contribution is -1.94. The Morgan fingerprint density at radius 2 is 1.80 bits per heavy atom. The standard InChI is InChI=1S/C8H11PS/c1-9(10-2)8-6-4-3-5-7-8/h3-7H,1-2H3. The minimum atomic E-state index is 0.0432. The van der Waals surface area contributed by atoms with Crippen LogP contribution in [0.15, 0.2) is 30.3 Å². The molecule has 0 heterocycles. The highest BCUT2D eigenvalue weighted by Gasteiger charge is 1.98. The van der Waals surface area contributed by atoms with Crippen LogP contribution in [0.4, 0.5) is 0 Å². The summed E-state index contributed by atoms with van der Waals surface area (Å²) in [5.74, 6) is 0. The first kappa shape index (κ1) is 8.10. The van der Waals surface area contributed by atoms with Gasteiger partial charge in [0, 0.05) is 0 Å². The average molecular weight is 170 g/mol. The van der Waals surface area contributed by atoms with Crippen molar-refractivity contribution in [3.05, 3.63) is 30.3 Å². The largest absolute Gasteiger partial charge is 0.133 e. The van der Waals surface area contributed by atoms with E-state index in [2.05, 4.69) is 43.3 Å². The van der Waals surface area contributed by atoms with Crippen LogP contribution in [-0.4, -0.2) is 12.9 Å². The van der Waals surface area contributed by atoms with Gasteiger partial charge in [0.05, 0.1) is 0 Å². The van der Waals surface area contributed by atoms with Crippen LogP contribution in [-0.2, 0) is 0 Å². The molecule has 0 saturated carbocycles. The minimum absolute atomic E-state index is 0.0432. The summed E-state index contributed by atoms with van der Waals surface area (Å²) in [5.41, 5.74) is 0. The molecule has 0 N–H and O–H groups in total. The van der Waals surface area contributed by atoms with E-state index < -0.39 is 0 Å². The topological polar surface area (TPSA) is 0 Å². The van der Waals surface area contributed by atoms with Crippen LogP contribution >= 0.6 is 18.5 Å². The summed E-state index contributed by atoms with van der Waals surface area (Å²) in [6, 6.07) is 10.7. The van der Waals surface area contributed by atoms with Gasteiger partial charge >= 0.3 is 0 Å². The maximum atomic E-state index is 2.29. The van der Waals surface area contributed by atoms with Crippen LogP contribution in [0.2, 0.25) is 0 Å². The van der Waals surface area contributed by atoms with E-state index in [1.807, 2.05) is 11.4 Å². The highest BCUT2D eigenvalue weighted by Crippen LogP contribution is 2.42. The number of hydrogen-bond acceptors (Lipinski definition) is 1. The average Bonchev–Trinajstić information content (AvgIpc) is 2.05. The van der Waals surface area contributed by atoms with Gasteiger partial charge in [0.25, 0.3) is 0 Å². The SMILES string of the molecule is CSP(C)c1ccccc1. The molecule has 0 radical (unpaired) electrons. The van der Waals surface area contributed by atoms with Crippen LogP contribution in [0.1, 0.15) is 0 Å². The number of benzene rings is 1. The third-order valence-corrected chi connectivity index (χ3v) is 5.24. The molecular formula is C8H11PS. The lowest BCUT2D eigenvalue weighted by atomic mass is 10.4. The molecule has 0 spiro atoms.